The number of likely N-dealkylation sites (N-methyl/N-ethyl adjacent to an activating group) is 1. The first-order valence-corrected chi connectivity index (χ1v) is 12.1. The average Bonchev–Trinajstić information content (AvgIpc) is 2.92. The zero-order chi connectivity index (χ0) is 26.4. The molecule has 1 fully saturated rings. The van der Waals surface area contributed by atoms with Crippen LogP contribution in [0.1, 0.15) is 16.7 Å². The fourth-order valence-corrected chi connectivity index (χ4v) is 4.30. The van der Waals surface area contributed by atoms with Crippen molar-refractivity contribution in [2.45, 2.75) is 13.5 Å². The summed E-state index contributed by atoms with van der Waals surface area (Å²) in [7, 11) is 1.74. The number of halogens is 2. The fraction of sp³-hybridized carbons (Fsp3) is 0.296. The molecule has 10 nitrogen and oxygen atoms in total. The van der Waals surface area contributed by atoms with Crippen molar-refractivity contribution < 1.29 is 14.7 Å². The third-order valence-corrected chi connectivity index (χ3v) is 6.27. The summed E-state index contributed by atoms with van der Waals surface area (Å²) >= 11 is 0. The van der Waals surface area contributed by atoms with Gasteiger partial charge in [-0.15, -0.1) is 24.8 Å². The highest BCUT2D eigenvalue weighted by Crippen LogP contribution is 2.23. The van der Waals surface area contributed by atoms with E-state index in [2.05, 4.69) is 24.8 Å². The number of carbonyl (C=O) groups is 2. The number of nitrogens with zero attached hydrogens (tertiary/aromatic N) is 6. The lowest BCUT2D eigenvalue weighted by Crippen LogP contribution is -2.47. The number of anilines is 2. The van der Waals surface area contributed by atoms with Crippen molar-refractivity contribution in [1.29, 1.82) is 0 Å². The first-order chi connectivity index (χ1) is 17.8. The van der Waals surface area contributed by atoms with E-state index in [1.807, 2.05) is 49.6 Å². The Morgan fingerprint density at radius 2 is 1.67 bits per heavy atom. The molecule has 3 heterocycles. The zero-order valence-corrected chi connectivity index (χ0v) is 23.5. The topological polar surface area (TPSA) is 129 Å². The smallest absolute Gasteiger partial charge is 0.328 e. The van der Waals surface area contributed by atoms with Crippen LogP contribution in [0.2, 0.25) is 0 Å². The quantitative estimate of drug-likeness (QED) is 0.390. The van der Waals surface area contributed by atoms with E-state index in [0.717, 1.165) is 65.9 Å². The van der Waals surface area contributed by atoms with Gasteiger partial charge in [0.2, 0.25) is 11.9 Å². The molecular weight excluding hydrogens is 541 g/mol. The van der Waals surface area contributed by atoms with Crippen molar-refractivity contribution in [3.8, 4) is 11.1 Å². The summed E-state index contributed by atoms with van der Waals surface area (Å²) in [5, 5.41) is 8.81. The lowest BCUT2D eigenvalue weighted by atomic mass is 10.1. The van der Waals surface area contributed by atoms with Crippen LogP contribution in [0.25, 0.3) is 17.2 Å². The van der Waals surface area contributed by atoms with Gasteiger partial charge in [0.05, 0.1) is 6.54 Å². The molecule has 12 heteroatoms. The number of piperazine rings is 1. The van der Waals surface area contributed by atoms with Crippen molar-refractivity contribution in [1.82, 2.24) is 19.9 Å². The van der Waals surface area contributed by atoms with Gasteiger partial charge in [0.1, 0.15) is 5.82 Å². The average molecular weight is 575 g/mol. The van der Waals surface area contributed by atoms with Crippen LogP contribution in [0.15, 0.2) is 55.0 Å². The number of hydrogen-bond acceptors (Lipinski definition) is 8. The van der Waals surface area contributed by atoms with Gasteiger partial charge in [0.25, 0.3) is 0 Å². The Kier molecular flexibility index (Phi) is 11.7. The summed E-state index contributed by atoms with van der Waals surface area (Å²) in [6, 6.07) is 9.93. The lowest BCUT2D eigenvalue weighted by molar-refractivity contribution is -0.131. The third kappa shape index (κ3) is 8.13. The molecule has 0 aliphatic carbocycles. The molecule has 3 N–H and O–H groups in total. The minimum atomic E-state index is -0.981. The first-order valence-electron chi connectivity index (χ1n) is 12.1. The maximum absolute atomic E-state index is 11.8. The van der Waals surface area contributed by atoms with Crippen molar-refractivity contribution in [2.24, 2.45) is 5.73 Å². The van der Waals surface area contributed by atoms with Crippen molar-refractivity contribution in [3.05, 3.63) is 71.7 Å². The number of carbonyl (C=O) groups excluding carboxylic acids is 1. The van der Waals surface area contributed by atoms with Crippen LogP contribution in [-0.2, 0) is 16.1 Å². The second-order valence-electron chi connectivity index (χ2n) is 8.98. The number of aliphatic carboxylic acids is 1. The van der Waals surface area contributed by atoms with E-state index in [9.17, 15) is 9.59 Å². The van der Waals surface area contributed by atoms with Gasteiger partial charge in [0, 0.05) is 70.0 Å². The Bertz CT molecular complexity index is 1300. The number of rotatable bonds is 8. The predicted molar refractivity (Wildman–Crippen MR) is 158 cm³/mol. The van der Waals surface area contributed by atoms with Gasteiger partial charge in [0.15, 0.2) is 0 Å². The highest BCUT2D eigenvalue weighted by molar-refractivity contribution is 5.86. The molecule has 1 saturated heterocycles. The van der Waals surface area contributed by atoms with Crippen LogP contribution >= 0.6 is 24.8 Å². The summed E-state index contributed by atoms with van der Waals surface area (Å²) in [6.45, 7) is 5.55. The predicted octanol–water partition coefficient (Wildman–Crippen LogP) is 3.03. The number of aromatic nitrogens is 3. The lowest BCUT2D eigenvalue weighted by Gasteiger charge is -2.36. The largest absolute Gasteiger partial charge is 0.478 e. The number of aryl methyl sites for hydroxylation is 1. The number of carboxylic acid groups (broad SMARTS) is 1. The van der Waals surface area contributed by atoms with Crippen LogP contribution < -0.4 is 15.5 Å². The monoisotopic (exact) mass is 573 g/mol. The second-order valence-corrected chi connectivity index (χ2v) is 8.98. The van der Waals surface area contributed by atoms with Gasteiger partial charge < -0.3 is 25.5 Å². The molecule has 0 saturated carbocycles. The van der Waals surface area contributed by atoms with E-state index in [-0.39, 0.29) is 37.3 Å². The summed E-state index contributed by atoms with van der Waals surface area (Å²) in [5.74, 6) is 0.508. The molecule has 2 aromatic heterocycles. The molecule has 1 aromatic carbocycles. The molecule has 0 spiro atoms. The SMILES string of the molecule is Cc1cc(C=CC(=O)O)cnc1N1CCN(c2ncc(-c3cccc(CN(C)C(=O)CN)c3)cn2)CC1.Cl.Cl. The van der Waals surface area contributed by atoms with Crippen molar-refractivity contribution >= 4 is 54.5 Å². The third-order valence-electron chi connectivity index (χ3n) is 6.27. The van der Waals surface area contributed by atoms with Gasteiger partial charge in [-0.2, -0.15) is 0 Å². The molecule has 1 aliphatic rings. The van der Waals surface area contributed by atoms with Crippen molar-refractivity contribution in [3.63, 3.8) is 0 Å². The first kappa shape index (κ1) is 31.5. The van der Waals surface area contributed by atoms with Crippen LogP contribution in [0.4, 0.5) is 11.8 Å². The normalized spacial score (nSPS) is 13.0. The molecule has 3 aromatic rings. The molecule has 0 atom stereocenters. The molecular formula is C27H33Cl2N7O3. The molecule has 1 aliphatic heterocycles. The highest BCUT2D eigenvalue weighted by atomic mass is 35.5. The summed E-state index contributed by atoms with van der Waals surface area (Å²) in [4.78, 5) is 42.3. The molecule has 1 amide bonds. The molecule has 0 radical (unpaired) electrons. The number of carboxylic acids is 1. The number of nitrogens with two attached hydrogens (primary N) is 1. The van der Waals surface area contributed by atoms with Crippen LogP contribution in [0.3, 0.4) is 0 Å². The molecule has 208 valence electrons. The van der Waals surface area contributed by atoms with Gasteiger partial charge in [-0.25, -0.2) is 19.7 Å². The minimum absolute atomic E-state index is 0. The summed E-state index contributed by atoms with van der Waals surface area (Å²) < 4.78 is 0. The van der Waals surface area contributed by atoms with Crippen LogP contribution in [0.5, 0.6) is 0 Å². The van der Waals surface area contributed by atoms with E-state index >= 15 is 0 Å². The Morgan fingerprint density at radius 3 is 2.28 bits per heavy atom. The number of hydrogen-bond donors (Lipinski definition) is 2. The maximum atomic E-state index is 11.8. The van der Waals surface area contributed by atoms with Gasteiger partial charge in [-0.05, 0) is 47.4 Å². The van der Waals surface area contributed by atoms with Gasteiger partial charge >= 0.3 is 5.97 Å². The highest BCUT2D eigenvalue weighted by Gasteiger charge is 2.21. The maximum Gasteiger partial charge on any atom is 0.328 e. The van der Waals surface area contributed by atoms with Crippen LogP contribution in [0, 0.1) is 6.92 Å². The van der Waals surface area contributed by atoms with Gasteiger partial charge in [-0.3, -0.25) is 4.79 Å². The standard InChI is InChI=1S/C27H31N7O3.2ClH/c1-19-12-20(6-7-25(36)37)15-29-26(19)33-8-10-34(11-9-33)27-30-16-23(17-31-27)22-5-3-4-21(13-22)18-32(2)24(35)14-28;;/h3-7,12-13,15-17H,8-11,14,18,28H2,1-2H3,(H,36,37);2*1H. The van der Waals surface area contributed by atoms with Crippen molar-refractivity contribution in [2.75, 3.05) is 49.6 Å². The molecule has 39 heavy (non-hydrogen) atoms. The molecule has 4 rings (SSSR count). The second kappa shape index (κ2) is 14.4. The van der Waals surface area contributed by atoms with E-state index < -0.39 is 5.97 Å². The molecule has 0 bridgehead atoms. The Morgan fingerprint density at radius 1 is 1.00 bits per heavy atom. The van der Waals surface area contributed by atoms with E-state index in [1.165, 1.54) is 0 Å². The number of benzene rings is 1. The summed E-state index contributed by atoms with van der Waals surface area (Å²) in [5.41, 5.74) is 10.1. The minimum Gasteiger partial charge on any atom is -0.478 e. The number of amides is 1. The van der Waals surface area contributed by atoms with E-state index in [0.29, 0.717) is 12.5 Å². The van der Waals surface area contributed by atoms with E-state index in [1.54, 1.807) is 24.2 Å². The fourth-order valence-electron chi connectivity index (χ4n) is 4.30. The zero-order valence-electron chi connectivity index (χ0n) is 21.9. The van der Waals surface area contributed by atoms with E-state index in [4.69, 9.17) is 10.8 Å². The van der Waals surface area contributed by atoms with Crippen LogP contribution in [-0.4, -0.2) is 76.6 Å². The Labute approximate surface area is 240 Å². The van der Waals surface area contributed by atoms with Gasteiger partial charge in [-0.1, -0.05) is 18.2 Å². The molecule has 0 unspecified atom stereocenters. The Balaban J connectivity index is 0.00000267. The number of pyridine rings is 1. The summed E-state index contributed by atoms with van der Waals surface area (Å²) in [6.07, 6.45) is 8.01. The Hall–Kier alpha value is -3.73.